The summed E-state index contributed by atoms with van der Waals surface area (Å²) in [5.74, 6) is 1.28. The summed E-state index contributed by atoms with van der Waals surface area (Å²) >= 11 is 0. The van der Waals surface area contributed by atoms with Gasteiger partial charge in [0, 0.05) is 59.5 Å². The number of carbonyl (C=O) groups excluding carboxylic acids is 1. The lowest BCUT2D eigenvalue weighted by molar-refractivity contribution is 0.0657. The first kappa shape index (κ1) is 23.0. The summed E-state index contributed by atoms with van der Waals surface area (Å²) in [5, 5.41) is 3.53. The van der Waals surface area contributed by atoms with Crippen molar-refractivity contribution in [2.24, 2.45) is 4.99 Å². The molecule has 0 aromatic carbocycles. The highest BCUT2D eigenvalue weighted by molar-refractivity contribution is 14.0. The number of nitrogens with one attached hydrogen (secondary N) is 1. The third kappa shape index (κ3) is 5.84. The van der Waals surface area contributed by atoms with Crippen LogP contribution in [-0.2, 0) is 4.74 Å². The molecular weight excluding hydrogens is 473 g/mol. The van der Waals surface area contributed by atoms with Crippen LogP contribution in [0.15, 0.2) is 27.8 Å². The van der Waals surface area contributed by atoms with E-state index >= 15 is 0 Å². The average molecular weight is 505 g/mol. The number of methoxy groups -OCH3 is 1. The maximum absolute atomic E-state index is 12.4. The van der Waals surface area contributed by atoms with E-state index in [1.807, 2.05) is 11.9 Å². The zero-order valence-electron chi connectivity index (χ0n) is 16.8. The first-order valence-electron chi connectivity index (χ1n) is 9.74. The Morgan fingerprint density at radius 2 is 2.04 bits per heavy atom. The van der Waals surface area contributed by atoms with Crippen LogP contribution in [0.1, 0.15) is 23.4 Å². The molecule has 2 aliphatic rings. The fourth-order valence-corrected chi connectivity index (χ4v) is 3.85. The summed E-state index contributed by atoms with van der Waals surface area (Å²) in [5.41, 5.74) is 0. The van der Waals surface area contributed by atoms with Crippen molar-refractivity contribution >= 4 is 35.8 Å². The quantitative estimate of drug-likeness (QED) is 0.358. The average Bonchev–Trinajstić information content (AvgIpc) is 3.39. The Morgan fingerprint density at radius 3 is 2.68 bits per heavy atom. The second-order valence-electron chi connectivity index (χ2n) is 7.01. The van der Waals surface area contributed by atoms with Crippen LogP contribution in [0, 0.1) is 0 Å². The van der Waals surface area contributed by atoms with E-state index in [1.54, 1.807) is 19.2 Å². The van der Waals surface area contributed by atoms with E-state index in [-0.39, 0.29) is 29.9 Å². The Kier molecular flexibility index (Phi) is 9.52. The molecule has 0 bridgehead atoms. The van der Waals surface area contributed by atoms with Gasteiger partial charge in [-0.05, 0) is 31.5 Å². The topological polar surface area (TPSA) is 73.6 Å². The third-order valence-electron chi connectivity index (χ3n) is 5.39. The highest BCUT2D eigenvalue weighted by Crippen LogP contribution is 2.16. The van der Waals surface area contributed by atoms with Crippen molar-refractivity contribution in [3.05, 3.63) is 24.2 Å². The Bertz CT molecular complexity index is 617. The van der Waals surface area contributed by atoms with Crippen LogP contribution in [0.5, 0.6) is 0 Å². The molecule has 0 aliphatic carbocycles. The van der Waals surface area contributed by atoms with Gasteiger partial charge >= 0.3 is 0 Å². The van der Waals surface area contributed by atoms with Gasteiger partial charge in [0.2, 0.25) is 0 Å². The predicted octanol–water partition coefficient (Wildman–Crippen LogP) is 1.34. The standard InChI is InChI=1S/C19H31N5O3.HI/c1-20-19(21-15-16-5-3-7-22(16)12-14-26-2)24-10-8-23(9-11-24)18(25)17-6-4-13-27-17;/h4,6,13,16H,3,5,7-12,14-15H2,1-2H3,(H,20,21);1H. The maximum atomic E-state index is 12.4. The minimum atomic E-state index is -0.0395. The van der Waals surface area contributed by atoms with Crippen molar-refractivity contribution < 1.29 is 13.9 Å². The van der Waals surface area contributed by atoms with E-state index in [0.717, 1.165) is 45.3 Å². The lowest BCUT2D eigenvalue weighted by Crippen LogP contribution is -2.55. The molecule has 1 aromatic heterocycles. The van der Waals surface area contributed by atoms with Gasteiger partial charge in [0.25, 0.3) is 5.91 Å². The number of nitrogens with zero attached hydrogens (tertiary/aromatic N) is 4. The number of halogens is 1. The van der Waals surface area contributed by atoms with Crippen molar-refractivity contribution in [3.8, 4) is 0 Å². The minimum absolute atomic E-state index is 0. The number of carbonyl (C=O) groups is 1. The van der Waals surface area contributed by atoms with Gasteiger partial charge in [0.05, 0.1) is 12.9 Å². The van der Waals surface area contributed by atoms with E-state index in [0.29, 0.717) is 24.9 Å². The monoisotopic (exact) mass is 505 g/mol. The molecule has 28 heavy (non-hydrogen) atoms. The molecular formula is C19H32IN5O3. The summed E-state index contributed by atoms with van der Waals surface area (Å²) in [6.07, 6.45) is 3.98. The number of hydrogen-bond acceptors (Lipinski definition) is 5. The van der Waals surface area contributed by atoms with Crippen molar-refractivity contribution in [2.45, 2.75) is 18.9 Å². The maximum Gasteiger partial charge on any atom is 0.289 e. The van der Waals surface area contributed by atoms with Crippen molar-refractivity contribution in [1.29, 1.82) is 0 Å². The lowest BCUT2D eigenvalue weighted by Gasteiger charge is -2.36. The molecule has 0 radical (unpaired) electrons. The van der Waals surface area contributed by atoms with Gasteiger partial charge < -0.3 is 24.3 Å². The van der Waals surface area contributed by atoms with Gasteiger partial charge in [-0.15, -0.1) is 24.0 Å². The molecule has 158 valence electrons. The van der Waals surface area contributed by atoms with Crippen LogP contribution < -0.4 is 5.32 Å². The molecule has 1 N–H and O–H groups in total. The van der Waals surface area contributed by atoms with Crippen LogP contribution in [-0.4, -0.2) is 99.2 Å². The number of guanidine groups is 1. The van der Waals surface area contributed by atoms with E-state index in [4.69, 9.17) is 9.15 Å². The zero-order valence-corrected chi connectivity index (χ0v) is 19.1. The number of piperazine rings is 1. The Labute approximate surface area is 184 Å². The normalized spacial score (nSPS) is 20.9. The minimum Gasteiger partial charge on any atom is -0.459 e. The third-order valence-corrected chi connectivity index (χ3v) is 5.39. The van der Waals surface area contributed by atoms with E-state index in [9.17, 15) is 4.79 Å². The smallest absolute Gasteiger partial charge is 0.289 e. The molecule has 8 nitrogen and oxygen atoms in total. The predicted molar refractivity (Wildman–Crippen MR) is 119 cm³/mol. The number of aliphatic imine (C=N–C) groups is 1. The van der Waals surface area contributed by atoms with Gasteiger partial charge in [-0.3, -0.25) is 14.7 Å². The van der Waals surface area contributed by atoms with Crippen molar-refractivity contribution in [3.63, 3.8) is 0 Å². The SMILES string of the molecule is CN=C(NCC1CCCN1CCOC)N1CCN(C(=O)c2ccco2)CC1.I. The Hall–Kier alpha value is -1.33. The highest BCUT2D eigenvalue weighted by Gasteiger charge is 2.27. The number of amides is 1. The van der Waals surface area contributed by atoms with E-state index in [1.165, 1.54) is 19.1 Å². The lowest BCUT2D eigenvalue weighted by atomic mass is 10.2. The van der Waals surface area contributed by atoms with E-state index < -0.39 is 0 Å². The fraction of sp³-hybridized carbons (Fsp3) is 0.684. The number of ether oxygens (including phenoxy) is 1. The molecule has 0 spiro atoms. The second-order valence-corrected chi connectivity index (χ2v) is 7.01. The molecule has 3 heterocycles. The van der Waals surface area contributed by atoms with Crippen LogP contribution in [0.25, 0.3) is 0 Å². The van der Waals surface area contributed by atoms with Crippen molar-refractivity contribution in [2.75, 3.05) is 66.6 Å². The number of likely N-dealkylation sites (tertiary alicyclic amines) is 1. The van der Waals surface area contributed by atoms with Gasteiger partial charge in [-0.1, -0.05) is 0 Å². The summed E-state index contributed by atoms with van der Waals surface area (Å²) in [6, 6.07) is 3.99. The molecule has 1 aromatic rings. The van der Waals surface area contributed by atoms with Crippen LogP contribution >= 0.6 is 24.0 Å². The molecule has 2 fully saturated rings. The Morgan fingerprint density at radius 1 is 1.29 bits per heavy atom. The molecule has 1 unspecified atom stereocenters. The largest absolute Gasteiger partial charge is 0.459 e. The summed E-state index contributed by atoms with van der Waals surface area (Å²) in [6.45, 7) is 6.66. The molecule has 1 amide bonds. The number of hydrogen-bond donors (Lipinski definition) is 1. The van der Waals surface area contributed by atoms with Crippen LogP contribution in [0.3, 0.4) is 0 Å². The number of rotatable bonds is 6. The van der Waals surface area contributed by atoms with Gasteiger partial charge in [-0.2, -0.15) is 0 Å². The zero-order chi connectivity index (χ0) is 19.1. The molecule has 1 atom stereocenters. The molecule has 2 aliphatic heterocycles. The molecule has 3 rings (SSSR count). The summed E-state index contributed by atoms with van der Waals surface area (Å²) in [4.78, 5) is 23.4. The van der Waals surface area contributed by atoms with E-state index in [2.05, 4.69) is 20.1 Å². The molecule has 2 saturated heterocycles. The van der Waals surface area contributed by atoms with Gasteiger partial charge in [0.15, 0.2) is 11.7 Å². The summed E-state index contributed by atoms with van der Waals surface area (Å²) < 4.78 is 10.4. The van der Waals surface area contributed by atoms with Crippen LogP contribution in [0.2, 0.25) is 0 Å². The van der Waals surface area contributed by atoms with Crippen molar-refractivity contribution in [1.82, 2.24) is 20.0 Å². The first-order chi connectivity index (χ1) is 13.2. The molecule has 9 heteroatoms. The molecule has 0 saturated carbocycles. The highest BCUT2D eigenvalue weighted by atomic mass is 127. The van der Waals surface area contributed by atoms with Gasteiger partial charge in [-0.25, -0.2) is 0 Å². The number of furan rings is 1. The first-order valence-corrected chi connectivity index (χ1v) is 9.74. The van der Waals surface area contributed by atoms with Crippen LogP contribution in [0.4, 0.5) is 0 Å². The second kappa shape index (κ2) is 11.6. The summed E-state index contributed by atoms with van der Waals surface area (Å²) in [7, 11) is 3.57. The Balaban J connectivity index is 0.00000280. The fourth-order valence-electron chi connectivity index (χ4n) is 3.85. The van der Waals surface area contributed by atoms with Gasteiger partial charge in [0.1, 0.15) is 0 Å².